The van der Waals surface area contributed by atoms with E-state index in [0.29, 0.717) is 15.6 Å². The zero-order valence-electron chi connectivity index (χ0n) is 13.5. The molecular formula is C18H13ClFN3O2S. The molecule has 3 aromatic rings. The van der Waals surface area contributed by atoms with Crippen molar-refractivity contribution >= 4 is 34.8 Å². The Morgan fingerprint density at radius 3 is 2.46 bits per heavy atom. The molecular weight excluding hydrogens is 377 g/mol. The number of hydrazine groups is 1. The summed E-state index contributed by atoms with van der Waals surface area (Å²) in [6, 6.07) is 13.1. The molecule has 0 atom stereocenters. The number of nitrogens with one attached hydrogen (secondary N) is 2. The quantitative estimate of drug-likeness (QED) is 0.665. The Hall–Kier alpha value is -2.77. The molecule has 0 saturated heterocycles. The van der Waals surface area contributed by atoms with Crippen molar-refractivity contribution in [2.24, 2.45) is 0 Å². The molecule has 0 fully saturated rings. The number of benzene rings is 2. The third-order valence-electron chi connectivity index (χ3n) is 3.49. The van der Waals surface area contributed by atoms with E-state index in [-0.39, 0.29) is 10.6 Å². The third kappa shape index (κ3) is 3.89. The van der Waals surface area contributed by atoms with Crippen molar-refractivity contribution in [1.82, 2.24) is 15.8 Å². The van der Waals surface area contributed by atoms with Gasteiger partial charge in [-0.15, -0.1) is 11.3 Å². The first-order valence-corrected chi connectivity index (χ1v) is 8.73. The predicted molar refractivity (Wildman–Crippen MR) is 98.6 cm³/mol. The van der Waals surface area contributed by atoms with Crippen LogP contribution in [0.2, 0.25) is 5.02 Å². The number of aryl methyl sites for hydroxylation is 1. The largest absolute Gasteiger partial charge is 0.281 e. The first kappa shape index (κ1) is 18.0. The zero-order chi connectivity index (χ0) is 18.7. The lowest BCUT2D eigenvalue weighted by Crippen LogP contribution is -2.41. The number of hydrogen-bond acceptors (Lipinski definition) is 4. The van der Waals surface area contributed by atoms with Crippen LogP contribution in [0.15, 0.2) is 48.5 Å². The van der Waals surface area contributed by atoms with Gasteiger partial charge in [-0.1, -0.05) is 41.9 Å². The Morgan fingerprint density at radius 2 is 1.77 bits per heavy atom. The lowest BCUT2D eigenvalue weighted by Gasteiger charge is -2.07. The maximum atomic E-state index is 13.7. The zero-order valence-corrected chi connectivity index (χ0v) is 15.1. The SMILES string of the molecule is Cc1nc(-c2ccccc2)sc1C(=O)NNC(=O)c1ccc(Cl)cc1F. The van der Waals surface area contributed by atoms with Gasteiger partial charge in [-0.2, -0.15) is 0 Å². The molecule has 0 spiro atoms. The van der Waals surface area contributed by atoms with Gasteiger partial charge in [0.2, 0.25) is 0 Å². The van der Waals surface area contributed by atoms with E-state index in [9.17, 15) is 14.0 Å². The number of amides is 2. The van der Waals surface area contributed by atoms with E-state index in [1.54, 1.807) is 6.92 Å². The highest BCUT2D eigenvalue weighted by molar-refractivity contribution is 7.17. The molecule has 8 heteroatoms. The molecule has 26 heavy (non-hydrogen) atoms. The second-order valence-corrected chi connectivity index (χ2v) is 6.77. The molecule has 0 aliphatic rings. The number of nitrogens with zero attached hydrogens (tertiary/aromatic N) is 1. The van der Waals surface area contributed by atoms with Gasteiger partial charge in [-0.25, -0.2) is 9.37 Å². The van der Waals surface area contributed by atoms with Crippen LogP contribution in [0, 0.1) is 12.7 Å². The van der Waals surface area contributed by atoms with E-state index in [0.717, 1.165) is 11.6 Å². The monoisotopic (exact) mass is 389 g/mol. The van der Waals surface area contributed by atoms with E-state index in [4.69, 9.17) is 11.6 Å². The number of aromatic nitrogens is 1. The van der Waals surface area contributed by atoms with Gasteiger partial charge in [-0.05, 0) is 25.1 Å². The average Bonchev–Trinajstić information content (AvgIpc) is 3.02. The van der Waals surface area contributed by atoms with Crippen LogP contribution in [0.4, 0.5) is 4.39 Å². The topological polar surface area (TPSA) is 71.1 Å². The number of hydrogen-bond donors (Lipinski definition) is 2. The van der Waals surface area contributed by atoms with Crippen molar-refractivity contribution in [3.63, 3.8) is 0 Å². The molecule has 0 saturated carbocycles. The average molecular weight is 390 g/mol. The Morgan fingerprint density at radius 1 is 1.08 bits per heavy atom. The fraction of sp³-hybridized carbons (Fsp3) is 0.0556. The van der Waals surface area contributed by atoms with Crippen LogP contribution in [-0.4, -0.2) is 16.8 Å². The first-order valence-electron chi connectivity index (χ1n) is 7.54. The highest BCUT2D eigenvalue weighted by Gasteiger charge is 2.18. The minimum Gasteiger partial charge on any atom is -0.267 e. The second-order valence-electron chi connectivity index (χ2n) is 5.33. The highest BCUT2D eigenvalue weighted by Crippen LogP contribution is 2.27. The first-order chi connectivity index (χ1) is 12.5. The molecule has 3 rings (SSSR count). The number of halogens is 2. The van der Waals surface area contributed by atoms with E-state index < -0.39 is 17.6 Å². The Balaban J connectivity index is 1.71. The van der Waals surface area contributed by atoms with Crippen molar-refractivity contribution < 1.29 is 14.0 Å². The van der Waals surface area contributed by atoms with Gasteiger partial charge < -0.3 is 0 Å². The van der Waals surface area contributed by atoms with Gasteiger partial charge in [0, 0.05) is 10.6 Å². The molecule has 5 nitrogen and oxygen atoms in total. The molecule has 1 heterocycles. The van der Waals surface area contributed by atoms with Gasteiger partial charge in [0.1, 0.15) is 15.7 Å². The molecule has 132 valence electrons. The molecule has 2 amide bonds. The Kier molecular flexibility index (Phi) is 5.29. The summed E-state index contributed by atoms with van der Waals surface area (Å²) in [5.41, 5.74) is 5.68. The van der Waals surface area contributed by atoms with E-state index in [1.807, 2.05) is 30.3 Å². The molecule has 0 radical (unpaired) electrons. The van der Waals surface area contributed by atoms with Gasteiger partial charge >= 0.3 is 0 Å². The minimum atomic E-state index is -0.780. The third-order valence-corrected chi connectivity index (χ3v) is 4.93. The number of carbonyl (C=O) groups excluding carboxylic acids is 2. The second kappa shape index (κ2) is 7.63. The van der Waals surface area contributed by atoms with E-state index in [2.05, 4.69) is 15.8 Å². The van der Waals surface area contributed by atoms with Crippen molar-refractivity contribution in [1.29, 1.82) is 0 Å². The molecule has 0 bridgehead atoms. The van der Waals surface area contributed by atoms with Crippen molar-refractivity contribution in [2.45, 2.75) is 6.92 Å². The summed E-state index contributed by atoms with van der Waals surface area (Å²) in [5, 5.41) is 0.875. The summed E-state index contributed by atoms with van der Waals surface area (Å²) in [7, 11) is 0. The van der Waals surface area contributed by atoms with Crippen LogP contribution >= 0.6 is 22.9 Å². The lowest BCUT2D eigenvalue weighted by molar-refractivity contribution is 0.0846. The van der Waals surface area contributed by atoms with Gasteiger partial charge in [0.15, 0.2) is 0 Å². The highest BCUT2D eigenvalue weighted by atomic mass is 35.5. The van der Waals surface area contributed by atoms with Gasteiger partial charge in [0.05, 0.1) is 11.3 Å². The Bertz CT molecular complexity index is 976. The van der Waals surface area contributed by atoms with Crippen LogP contribution in [-0.2, 0) is 0 Å². The van der Waals surface area contributed by atoms with Crippen molar-refractivity contribution in [3.05, 3.63) is 75.5 Å². The molecule has 0 aliphatic heterocycles. The summed E-state index contributed by atoms with van der Waals surface area (Å²) in [6.07, 6.45) is 0. The molecule has 2 aromatic carbocycles. The summed E-state index contributed by atoms with van der Waals surface area (Å²) in [5.74, 6) is -2.08. The predicted octanol–water partition coefficient (Wildman–Crippen LogP) is 3.99. The summed E-state index contributed by atoms with van der Waals surface area (Å²) < 4.78 is 13.7. The lowest BCUT2D eigenvalue weighted by atomic mass is 10.2. The van der Waals surface area contributed by atoms with Crippen molar-refractivity contribution in [3.8, 4) is 10.6 Å². The maximum absolute atomic E-state index is 13.7. The van der Waals surface area contributed by atoms with Crippen LogP contribution in [0.3, 0.4) is 0 Å². The van der Waals surface area contributed by atoms with E-state index >= 15 is 0 Å². The minimum absolute atomic E-state index is 0.178. The molecule has 0 unspecified atom stereocenters. The normalized spacial score (nSPS) is 10.4. The van der Waals surface area contributed by atoms with Gasteiger partial charge in [0.25, 0.3) is 11.8 Å². The van der Waals surface area contributed by atoms with E-state index in [1.165, 1.54) is 23.5 Å². The summed E-state index contributed by atoms with van der Waals surface area (Å²) in [4.78, 5) is 29.1. The molecule has 1 aromatic heterocycles. The number of rotatable bonds is 3. The molecule has 2 N–H and O–H groups in total. The summed E-state index contributed by atoms with van der Waals surface area (Å²) >= 11 is 6.86. The maximum Gasteiger partial charge on any atom is 0.281 e. The van der Waals surface area contributed by atoms with Crippen molar-refractivity contribution in [2.75, 3.05) is 0 Å². The van der Waals surface area contributed by atoms with Crippen LogP contribution in [0.25, 0.3) is 10.6 Å². The fourth-order valence-corrected chi connectivity index (χ4v) is 3.35. The summed E-state index contributed by atoms with van der Waals surface area (Å²) in [6.45, 7) is 1.71. The standard InChI is InChI=1S/C18H13ClFN3O2S/c1-10-15(26-18(21-10)11-5-3-2-4-6-11)17(25)23-22-16(24)13-8-7-12(19)9-14(13)20/h2-9H,1H3,(H,22,24)(H,23,25). The number of thiazole rings is 1. The Labute approximate surface area is 157 Å². The van der Waals surface area contributed by atoms with Crippen LogP contribution in [0.5, 0.6) is 0 Å². The van der Waals surface area contributed by atoms with Crippen LogP contribution < -0.4 is 10.9 Å². The van der Waals surface area contributed by atoms with Gasteiger partial charge in [-0.3, -0.25) is 20.4 Å². The molecule has 0 aliphatic carbocycles. The number of carbonyl (C=O) groups is 2. The fourth-order valence-electron chi connectivity index (χ4n) is 2.22. The smallest absolute Gasteiger partial charge is 0.267 e. The van der Waals surface area contributed by atoms with Crippen LogP contribution in [0.1, 0.15) is 25.7 Å².